The van der Waals surface area contributed by atoms with E-state index in [1.165, 1.54) is 0 Å². The number of allylic oxidation sites excluding steroid dienone is 1. The number of pyridine rings is 1. The van der Waals surface area contributed by atoms with E-state index in [0.29, 0.717) is 5.70 Å². The van der Waals surface area contributed by atoms with Gasteiger partial charge in [-0.25, -0.2) is 0 Å². The molecule has 1 rings (SSSR count). The van der Waals surface area contributed by atoms with Crippen LogP contribution in [0, 0.1) is 0 Å². The third kappa shape index (κ3) is 2.78. The summed E-state index contributed by atoms with van der Waals surface area (Å²) < 4.78 is 0. The van der Waals surface area contributed by atoms with E-state index >= 15 is 0 Å². The first-order valence-electron chi connectivity index (χ1n) is 4.49. The van der Waals surface area contributed by atoms with E-state index in [0.717, 1.165) is 11.3 Å². The summed E-state index contributed by atoms with van der Waals surface area (Å²) in [6, 6.07) is 3.78. The molecular formula is C11H14N2O. The predicted octanol–water partition coefficient (Wildman–Crippen LogP) is 1.79. The Kier molecular flexibility index (Phi) is 4.01. The van der Waals surface area contributed by atoms with Gasteiger partial charge in [0.2, 0.25) is 0 Å². The molecule has 0 fully saturated rings. The highest BCUT2D eigenvalue weighted by atomic mass is 16.3. The van der Waals surface area contributed by atoms with E-state index < -0.39 is 0 Å². The zero-order chi connectivity index (χ0) is 10.4. The second-order valence-electron chi connectivity index (χ2n) is 2.87. The van der Waals surface area contributed by atoms with Crippen LogP contribution >= 0.6 is 0 Å². The number of hydrogen-bond acceptors (Lipinski definition) is 3. The Morgan fingerprint density at radius 3 is 2.64 bits per heavy atom. The molecule has 1 aromatic heterocycles. The first kappa shape index (κ1) is 10.6. The number of aliphatic imine (C=N–C) groups is 1. The number of aromatic nitrogens is 1. The maximum Gasteiger partial charge on any atom is 0.0849 e. The third-order valence-electron chi connectivity index (χ3n) is 1.90. The van der Waals surface area contributed by atoms with Crippen molar-refractivity contribution in [3.63, 3.8) is 0 Å². The van der Waals surface area contributed by atoms with Crippen molar-refractivity contribution in [3.05, 3.63) is 41.9 Å². The van der Waals surface area contributed by atoms with Gasteiger partial charge in [-0.2, -0.15) is 0 Å². The summed E-state index contributed by atoms with van der Waals surface area (Å²) in [5.41, 5.74) is 2.58. The van der Waals surface area contributed by atoms with Crippen molar-refractivity contribution in [1.29, 1.82) is 0 Å². The van der Waals surface area contributed by atoms with Gasteiger partial charge in [-0.1, -0.05) is 6.08 Å². The lowest BCUT2D eigenvalue weighted by atomic mass is 10.2. The lowest BCUT2D eigenvalue weighted by Gasteiger charge is -2.01. The van der Waals surface area contributed by atoms with E-state index in [4.69, 9.17) is 5.11 Å². The number of nitrogens with zero attached hydrogens (tertiary/aromatic N) is 2. The van der Waals surface area contributed by atoms with Crippen molar-refractivity contribution in [3.8, 4) is 0 Å². The lowest BCUT2D eigenvalue weighted by Crippen LogP contribution is -1.97. The Morgan fingerprint density at radius 2 is 2.14 bits per heavy atom. The molecule has 0 aliphatic heterocycles. The summed E-state index contributed by atoms with van der Waals surface area (Å²) in [5.74, 6) is 0. The standard InChI is InChI=1S/C11H14N2O/c1-3-11(8-14)13-9(2)10-4-6-12-7-5-10/h3-7,14H,8H2,1-2H3/b11-3-,13-9?. The minimum Gasteiger partial charge on any atom is -0.390 e. The molecule has 0 aromatic carbocycles. The van der Waals surface area contributed by atoms with Crippen molar-refractivity contribution in [2.75, 3.05) is 6.61 Å². The Balaban J connectivity index is 2.90. The van der Waals surface area contributed by atoms with Crippen LogP contribution in [-0.4, -0.2) is 22.4 Å². The van der Waals surface area contributed by atoms with Crippen LogP contribution in [0.2, 0.25) is 0 Å². The third-order valence-corrected chi connectivity index (χ3v) is 1.90. The highest BCUT2D eigenvalue weighted by molar-refractivity contribution is 5.99. The molecule has 0 amide bonds. The maximum atomic E-state index is 8.93. The van der Waals surface area contributed by atoms with Gasteiger partial charge in [0.05, 0.1) is 12.3 Å². The molecule has 0 atom stereocenters. The van der Waals surface area contributed by atoms with Gasteiger partial charge in [0.1, 0.15) is 0 Å². The largest absolute Gasteiger partial charge is 0.390 e. The van der Waals surface area contributed by atoms with Crippen LogP contribution in [0.15, 0.2) is 41.3 Å². The quantitative estimate of drug-likeness (QED) is 0.738. The molecule has 0 spiro atoms. The molecule has 1 aromatic rings. The fraction of sp³-hybridized carbons (Fsp3) is 0.273. The fourth-order valence-electron chi connectivity index (χ4n) is 1.06. The topological polar surface area (TPSA) is 45.5 Å². The average Bonchev–Trinajstić information content (AvgIpc) is 2.26. The Hall–Kier alpha value is -1.48. The SMILES string of the molecule is C/C=C(/CO)N=C(C)c1ccncc1. The van der Waals surface area contributed by atoms with Gasteiger partial charge in [-0.05, 0) is 31.5 Å². The highest BCUT2D eigenvalue weighted by Gasteiger charge is 1.97. The minimum absolute atomic E-state index is 0.0288. The van der Waals surface area contributed by atoms with Crippen LogP contribution < -0.4 is 0 Å². The van der Waals surface area contributed by atoms with E-state index in [-0.39, 0.29) is 6.61 Å². The molecule has 1 heterocycles. The molecule has 3 nitrogen and oxygen atoms in total. The number of aliphatic hydroxyl groups is 1. The summed E-state index contributed by atoms with van der Waals surface area (Å²) in [4.78, 5) is 8.21. The zero-order valence-electron chi connectivity index (χ0n) is 8.44. The predicted molar refractivity (Wildman–Crippen MR) is 57.3 cm³/mol. The number of aliphatic hydroxyl groups excluding tert-OH is 1. The van der Waals surface area contributed by atoms with Gasteiger partial charge in [0.25, 0.3) is 0 Å². The molecule has 74 valence electrons. The molecule has 1 N–H and O–H groups in total. The average molecular weight is 190 g/mol. The van der Waals surface area contributed by atoms with E-state index in [1.807, 2.05) is 26.0 Å². The summed E-state index contributed by atoms with van der Waals surface area (Å²) >= 11 is 0. The molecule has 14 heavy (non-hydrogen) atoms. The summed E-state index contributed by atoms with van der Waals surface area (Å²) in [6.07, 6.45) is 5.25. The van der Waals surface area contributed by atoms with Gasteiger partial charge < -0.3 is 5.11 Å². The highest BCUT2D eigenvalue weighted by Crippen LogP contribution is 2.03. The fourth-order valence-corrected chi connectivity index (χ4v) is 1.06. The van der Waals surface area contributed by atoms with Crippen LogP contribution in [0.1, 0.15) is 19.4 Å². The van der Waals surface area contributed by atoms with E-state index in [9.17, 15) is 0 Å². The van der Waals surface area contributed by atoms with Crippen LogP contribution in [0.3, 0.4) is 0 Å². The van der Waals surface area contributed by atoms with Crippen LogP contribution in [0.5, 0.6) is 0 Å². The van der Waals surface area contributed by atoms with Gasteiger partial charge in [0, 0.05) is 18.1 Å². The second-order valence-corrected chi connectivity index (χ2v) is 2.87. The first-order valence-corrected chi connectivity index (χ1v) is 4.49. The smallest absolute Gasteiger partial charge is 0.0849 e. The molecular weight excluding hydrogens is 176 g/mol. The molecule has 0 aliphatic rings. The van der Waals surface area contributed by atoms with Gasteiger partial charge >= 0.3 is 0 Å². The molecule has 0 saturated heterocycles. The molecule has 0 radical (unpaired) electrons. The van der Waals surface area contributed by atoms with Gasteiger partial charge in [-0.15, -0.1) is 0 Å². The van der Waals surface area contributed by atoms with Crippen molar-refractivity contribution in [2.45, 2.75) is 13.8 Å². The molecule has 0 unspecified atom stereocenters. The molecule has 0 saturated carbocycles. The van der Waals surface area contributed by atoms with Crippen LogP contribution in [0.4, 0.5) is 0 Å². The van der Waals surface area contributed by atoms with Crippen molar-refractivity contribution in [2.24, 2.45) is 4.99 Å². The first-order chi connectivity index (χ1) is 6.77. The van der Waals surface area contributed by atoms with Gasteiger partial charge in [-0.3, -0.25) is 9.98 Å². The van der Waals surface area contributed by atoms with Crippen LogP contribution in [0.25, 0.3) is 0 Å². The zero-order valence-corrected chi connectivity index (χ0v) is 8.44. The summed E-state index contributed by atoms with van der Waals surface area (Å²) in [6.45, 7) is 3.74. The van der Waals surface area contributed by atoms with Crippen molar-refractivity contribution < 1.29 is 5.11 Å². The molecule has 3 heteroatoms. The normalized spacial score (nSPS) is 13.1. The van der Waals surface area contributed by atoms with Crippen molar-refractivity contribution in [1.82, 2.24) is 4.98 Å². The monoisotopic (exact) mass is 190 g/mol. The maximum absolute atomic E-state index is 8.93. The van der Waals surface area contributed by atoms with E-state index in [2.05, 4.69) is 9.98 Å². The van der Waals surface area contributed by atoms with E-state index in [1.54, 1.807) is 18.5 Å². The molecule has 0 bridgehead atoms. The van der Waals surface area contributed by atoms with Crippen molar-refractivity contribution >= 4 is 5.71 Å². The Bertz CT molecular complexity index is 342. The number of rotatable bonds is 3. The lowest BCUT2D eigenvalue weighted by molar-refractivity contribution is 0.330. The van der Waals surface area contributed by atoms with Gasteiger partial charge in [0.15, 0.2) is 0 Å². The summed E-state index contributed by atoms with van der Waals surface area (Å²) in [7, 11) is 0. The minimum atomic E-state index is -0.0288. The number of hydrogen-bond donors (Lipinski definition) is 1. The Morgan fingerprint density at radius 1 is 1.50 bits per heavy atom. The van der Waals surface area contributed by atoms with Crippen LogP contribution in [-0.2, 0) is 0 Å². The molecule has 0 aliphatic carbocycles. The Labute approximate surface area is 83.8 Å². The summed E-state index contributed by atoms with van der Waals surface area (Å²) in [5, 5.41) is 8.93. The second kappa shape index (κ2) is 5.29.